The summed E-state index contributed by atoms with van der Waals surface area (Å²) in [6.07, 6.45) is -7.72. The average Bonchev–Trinajstić information content (AvgIpc) is 3.61. The summed E-state index contributed by atoms with van der Waals surface area (Å²) in [5.41, 5.74) is -7.51. The van der Waals surface area contributed by atoms with Gasteiger partial charge in [0.2, 0.25) is 0 Å². The Hall–Kier alpha value is -3.10. The van der Waals surface area contributed by atoms with Gasteiger partial charge in [0.05, 0.1) is 21.8 Å². The van der Waals surface area contributed by atoms with E-state index in [0.29, 0.717) is 12.8 Å². The van der Waals surface area contributed by atoms with E-state index in [-0.39, 0.29) is 57.8 Å². The molecule has 1 fully saturated rings. The summed E-state index contributed by atoms with van der Waals surface area (Å²) >= 11 is 18.3. The number of amides is 3. The van der Waals surface area contributed by atoms with Gasteiger partial charge in [0.15, 0.2) is 0 Å². The molecule has 0 spiro atoms. The molecule has 0 N–H and O–H groups in total. The summed E-state index contributed by atoms with van der Waals surface area (Å²) < 4.78 is 95.2. The second-order valence-corrected chi connectivity index (χ2v) is 12.1. The average molecular weight is 703 g/mol. The van der Waals surface area contributed by atoms with Gasteiger partial charge < -0.3 is 4.90 Å². The van der Waals surface area contributed by atoms with Crippen molar-refractivity contribution in [2.75, 3.05) is 0 Å². The van der Waals surface area contributed by atoms with Gasteiger partial charge in [0, 0.05) is 47.2 Å². The Morgan fingerprint density at radius 1 is 0.867 bits per heavy atom. The van der Waals surface area contributed by atoms with Crippen LogP contribution < -0.4 is 0 Å². The van der Waals surface area contributed by atoms with Crippen molar-refractivity contribution in [3.05, 3.63) is 63.1 Å². The maximum Gasteiger partial charge on any atom is 0.435 e. The van der Waals surface area contributed by atoms with Crippen LogP contribution in [0, 0.1) is 0 Å². The smallest absolute Gasteiger partial charge is 0.319 e. The predicted octanol–water partition coefficient (Wildman–Crippen LogP) is 9.03. The fourth-order valence-electron chi connectivity index (χ4n) is 4.86. The van der Waals surface area contributed by atoms with Crippen LogP contribution in [0.2, 0.25) is 15.2 Å². The lowest BCUT2D eigenvalue weighted by Gasteiger charge is -2.35. The third-order valence-corrected chi connectivity index (χ3v) is 7.96. The van der Waals surface area contributed by atoms with E-state index in [0.717, 1.165) is 9.58 Å². The summed E-state index contributed by atoms with van der Waals surface area (Å²) in [5.74, 6) is -0.675. The second kappa shape index (κ2) is 12.3. The van der Waals surface area contributed by atoms with Gasteiger partial charge in [-0.25, -0.2) is 18.9 Å². The maximum atomic E-state index is 14.6. The first-order valence-corrected chi connectivity index (χ1v) is 14.5. The van der Waals surface area contributed by atoms with Gasteiger partial charge in [-0.15, -0.1) is 0 Å². The summed E-state index contributed by atoms with van der Waals surface area (Å²) in [4.78, 5) is 34.0. The fraction of sp³-hybridized carbons (Fsp3) is 0.429. The molecule has 1 aliphatic carbocycles. The lowest BCUT2D eigenvalue weighted by atomic mass is 9.94. The molecule has 3 amide bonds. The SMILES string of the molecule is CC(C)N(C(=O)N(C(=O)c1cc(-c2cnn(-c3c(Cl)cc(C(F)(C(F)(F)F)C(F)(F)F)cc3Cl)c2)cnc1Cl)C1CC1)C(C)C. The molecule has 0 saturated heterocycles. The summed E-state index contributed by atoms with van der Waals surface area (Å²) in [7, 11) is 0. The van der Waals surface area contributed by atoms with Gasteiger partial charge in [-0.1, -0.05) is 34.8 Å². The van der Waals surface area contributed by atoms with Crippen molar-refractivity contribution in [3.8, 4) is 16.8 Å². The summed E-state index contributed by atoms with van der Waals surface area (Å²) in [5, 5.41) is 2.33. The van der Waals surface area contributed by atoms with Crippen LogP contribution in [-0.4, -0.2) is 67.0 Å². The zero-order valence-electron chi connectivity index (χ0n) is 23.9. The number of alkyl halides is 7. The van der Waals surface area contributed by atoms with E-state index in [2.05, 4.69) is 10.1 Å². The number of rotatable bonds is 7. The molecule has 1 aliphatic rings. The van der Waals surface area contributed by atoms with Crippen molar-refractivity contribution in [1.29, 1.82) is 0 Å². The predicted molar refractivity (Wildman–Crippen MR) is 153 cm³/mol. The molecule has 0 atom stereocenters. The molecule has 0 radical (unpaired) electrons. The fourth-order valence-corrected chi connectivity index (χ4v) is 5.70. The molecular weight excluding hydrogens is 678 g/mol. The minimum atomic E-state index is -6.36. The van der Waals surface area contributed by atoms with E-state index in [9.17, 15) is 40.3 Å². The van der Waals surface area contributed by atoms with E-state index in [1.54, 1.807) is 4.90 Å². The molecule has 0 aliphatic heterocycles. The van der Waals surface area contributed by atoms with Gasteiger partial charge >= 0.3 is 24.1 Å². The van der Waals surface area contributed by atoms with E-state index in [1.807, 2.05) is 27.7 Å². The number of aromatic nitrogens is 3. The Kier molecular flexibility index (Phi) is 9.47. The van der Waals surface area contributed by atoms with Gasteiger partial charge in [-0.3, -0.25) is 9.69 Å². The van der Waals surface area contributed by atoms with Crippen LogP contribution >= 0.6 is 34.8 Å². The zero-order valence-corrected chi connectivity index (χ0v) is 26.2. The molecule has 17 heteroatoms. The number of carbonyl (C=O) groups is 2. The number of pyridine rings is 1. The van der Waals surface area contributed by atoms with Crippen molar-refractivity contribution in [1.82, 2.24) is 24.6 Å². The second-order valence-electron chi connectivity index (χ2n) is 11.0. The van der Waals surface area contributed by atoms with Crippen LogP contribution in [0.25, 0.3) is 16.8 Å². The third kappa shape index (κ3) is 6.46. The Morgan fingerprint density at radius 2 is 1.40 bits per heavy atom. The van der Waals surface area contributed by atoms with Crippen LogP contribution in [0.5, 0.6) is 0 Å². The molecule has 244 valence electrons. The first-order valence-electron chi connectivity index (χ1n) is 13.4. The lowest BCUT2D eigenvalue weighted by Crippen LogP contribution is -2.52. The largest absolute Gasteiger partial charge is 0.435 e. The Labute approximate surface area is 267 Å². The molecule has 2 aromatic heterocycles. The standard InChI is InChI=1S/C28H25Cl3F7N5O2/c1-13(2)42(14(3)4)25(45)43(18-5-6-18)24(44)19-7-15(10-39-23(19)31)16-11-40-41(12-16)22-20(29)8-17(9-21(22)30)26(32,27(33,34)35)28(36,37)38/h7-14,18H,5-6H2,1-4H3. The normalized spacial score (nSPS) is 14.3. The van der Waals surface area contributed by atoms with Gasteiger partial charge in [-0.05, 0) is 58.7 Å². The number of nitrogens with zero attached hydrogens (tertiary/aromatic N) is 5. The molecule has 1 saturated carbocycles. The van der Waals surface area contributed by atoms with E-state index in [4.69, 9.17) is 34.8 Å². The summed E-state index contributed by atoms with van der Waals surface area (Å²) in [6, 6.07) is 0.509. The van der Waals surface area contributed by atoms with Crippen molar-refractivity contribution >= 4 is 46.7 Å². The first-order chi connectivity index (χ1) is 20.7. The van der Waals surface area contributed by atoms with E-state index >= 15 is 0 Å². The maximum absolute atomic E-state index is 14.6. The quantitative estimate of drug-likeness (QED) is 0.182. The van der Waals surface area contributed by atoms with Crippen LogP contribution in [0.4, 0.5) is 35.5 Å². The monoisotopic (exact) mass is 701 g/mol. The minimum absolute atomic E-state index is 0.0892. The van der Waals surface area contributed by atoms with Crippen LogP contribution in [-0.2, 0) is 5.67 Å². The van der Waals surface area contributed by atoms with Crippen LogP contribution in [0.1, 0.15) is 56.5 Å². The van der Waals surface area contributed by atoms with Crippen LogP contribution in [0.3, 0.4) is 0 Å². The third-order valence-electron chi connectivity index (χ3n) is 7.08. The molecule has 45 heavy (non-hydrogen) atoms. The molecule has 0 unspecified atom stereocenters. The minimum Gasteiger partial charge on any atom is -0.319 e. The van der Waals surface area contributed by atoms with Gasteiger partial charge in [0.1, 0.15) is 10.8 Å². The number of carbonyl (C=O) groups excluding carboxylic acids is 2. The zero-order chi connectivity index (χ0) is 33.8. The highest BCUT2D eigenvalue weighted by Gasteiger charge is 2.73. The number of halogens is 10. The van der Waals surface area contributed by atoms with E-state index in [1.165, 1.54) is 24.7 Å². The van der Waals surface area contributed by atoms with Gasteiger partial charge in [-0.2, -0.15) is 31.4 Å². The highest BCUT2D eigenvalue weighted by atomic mass is 35.5. The number of urea groups is 1. The Balaban J connectivity index is 1.71. The van der Waals surface area contributed by atoms with Crippen molar-refractivity contribution in [2.24, 2.45) is 0 Å². The molecule has 2 heterocycles. The lowest BCUT2D eigenvalue weighted by molar-refractivity contribution is -0.348. The molecule has 1 aromatic carbocycles. The van der Waals surface area contributed by atoms with E-state index < -0.39 is 45.6 Å². The number of imide groups is 1. The molecule has 0 bridgehead atoms. The molecule has 4 rings (SSSR count). The van der Waals surface area contributed by atoms with Gasteiger partial charge in [0.25, 0.3) is 5.91 Å². The molecule has 7 nitrogen and oxygen atoms in total. The number of hydrogen-bond donors (Lipinski definition) is 0. The van der Waals surface area contributed by atoms with Crippen molar-refractivity contribution in [3.63, 3.8) is 0 Å². The number of benzene rings is 1. The van der Waals surface area contributed by atoms with Crippen molar-refractivity contribution < 1.29 is 40.3 Å². The Morgan fingerprint density at radius 3 is 1.87 bits per heavy atom. The highest BCUT2D eigenvalue weighted by molar-refractivity contribution is 6.38. The van der Waals surface area contributed by atoms with Crippen LogP contribution in [0.15, 0.2) is 36.8 Å². The molecule has 3 aromatic rings. The number of hydrogen-bond acceptors (Lipinski definition) is 4. The first kappa shape index (κ1) is 34.8. The Bertz CT molecular complexity index is 1580. The highest BCUT2D eigenvalue weighted by Crippen LogP contribution is 2.54. The molecular formula is C28H25Cl3F7N5O2. The summed E-state index contributed by atoms with van der Waals surface area (Å²) in [6.45, 7) is 7.31. The topological polar surface area (TPSA) is 71.3 Å². The van der Waals surface area contributed by atoms with Crippen molar-refractivity contribution in [2.45, 2.75) is 76.7 Å².